The quantitative estimate of drug-likeness (QED) is 0.783. The lowest BCUT2D eigenvalue weighted by atomic mass is 9.93. The Hall–Kier alpha value is -2.24. The minimum absolute atomic E-state index is 0.0218. The molecule has 0 aromatic heterocycles. The summed E-state index contributed by atoms with van der Waals surface area (Å²) in [6.45, 7) is 2.61. The van der Waals surface area contributed by atoms with E-state index in [4.69, 9.17) is 15.2 Å². The van der Waals surface area contributed by atoms with Crippen LogP contribution < -0.4 is 15.2 Å². The fraction of sp³-hybridized carbons (Fsp3) is 0.579. The van der Waals surface area contributed by atoms with Gasteiger partial charge >= 0.3 is 0 Å². The van der Waals surface area contributed by atoms with E-state index in [1.165, 1.54) is 26.4 Å². The predicted octanol–water partition coefficient (Wildman–Crippen LogP) is 2.74. The second kappa shape index (κ2) is 9.30. The van der Waals surface area contributed by atoms with Gasteiger partial charge in [-0.3, -0.25) is 9.59 Å². The van der Waals surface area contributed by atoms with Gasteiger partial charge in [0, 0.05) is 18.2 Å². The van der Waals surface area contributed by atoms with Crippen LogP contribution in [-0.4, -0.2) is 43.0 Å². The van der Waals surface area contributed by atoms with Gasteiger partial charge in [0.1, 0.15) is 0 Å². The summed E-state index contributed by atoms with van der Waals surface area (Å²) in [6, 6.07) is 5.36. The third kappa shape index (κ3) is 5.11. The molecule has 0 radical (unpaired) electrons. The second-order valence-electron chi connectivity index (χ2n) is 6.41. The smallest absolute Gasteiger partial charge is 0.255 e. The summed E-state index contributed by atoms with van der Waals surface area (Å²) in [6.07, 6.45) is 6.69. The number of amides is 2. The Labute approximate surface area is 149 Å². The normalized spacial score (nSPS) is 14.8. The molecule has 0 spiro atoms. The molecule has 0 bridgehead atoms. The van der Waals surface area contributed by atoms with Gasteiger partial charge in [-0.1, -0.05) is 26.2 Å². The highest BCUT2D eigenvalue weighted by atomic mass is 16.5. The maximum absolute atomic E-state index is 13.0. The van der Waals surface area contributed by atoms with Crippen molar-refractivity contribution in [3.8, 4) is 11.5 Å². The molecule has 6 nitrogen and oxygen atoms in total. The van der Waals surface area contributed by atoms with Gasteiger partial charge in [0.15, 0.2) is 18.1 Å². The van der Waals surface area contributed by atoms with E-state index in [2.05, 4.69) is 6.92 Å². The SMILES string of the molecule is CCCN(C(=O)c1ccc(OCC(N)=O)c(OC)c1)C1CCCCC1. The molecule has 1 saturated carbocycles. The first kappa shape index (κ1) is 19.1. The van der Waals surface area contributed by atoms with E-state index in [0.29, 0.717) is 23.1 Å². The molecule has 0 heterocycles. The third-order valence-electron chi connectivity index (χ3n) is 4.52. The number of ether oxygens (including phenoxy) is 2. The molecule has 1 aromatic carbocycles. The molecule has 0 unspecified atom stereocenters. The molecule has 1 aromatic rings. The molecule has 1 fully saturated rings. The average Bonchev–Trinajstić information content (AvgIpc) is 2.64. The minimum Gasteiger partial charge on any atom is -0.493 e. The van der Waals surface area contributed by atoms with Crippen LogP contribution in [0.2, 0.25) is 0 Å². The highest BCUT2D eigenvalue weighted by Crippen LogP contribution is 2.30. The monoisotopic (exact) mass is 348 g/mol. The molecule has 0 aliphatic heterocycles. The fourth-order valence-corrected chi connectivity index (χ4v) is 3.32. The largest absolute Gasteiger partial charge is 0.493 e. The van der Waals surface area contributed by atoms with Crippen molar-refractivity contribution in [1.82, 2.24) is 4.90 Å². The van der Waals surface area contributed by atoms with Crippen LogP contribution in [0.3, 0.4) is 0 Å². The molecule has 0 saturated heterocycles. The first-order valence-corrected chi connectivity index (χ1v) is 8.97. The zero-order valence-electron chi connectivity index (χ0n) is 15.1. The van der Waals surface area contributed by atoms with E-state index in [1.807, 2.05) is 4.90 Å². The Balaban J connectivity index is 2.19. The molecule has 25 heavy (non-hydrogen) atoms. The highest BCUT2D eigenvalue weighted by Gasteiger charge is 2.26. The number of benzene rings is 1. The van der Waals surface area contributed by atoms with E-state index in [-0.39, 0.29) is 12.5 Å². The summed E-state index contributed by atoms with van der Waals surface area (Å²) in [4.78, 5) is 25.9. The Morgan fingerprint density at radius 1 is 1.20 bits per heavy atom. The maximum atomic E-state index is 13.0. The van der Waals surface area contributed by atoms with Gasteiger partial charge in [0.05, 0.1) is 7.11 Å². The van der Waals surface area contributed by atoms with Crippen LogP contribution in [0.1, 0.15) is 55.8 Å². The summed E-state index contributed by atoms with van der Waals surface area (Å²) < 4.78 is 10.6. The summed E-state index contributed by atoms with van der Waals surface area (Å²) >= 11 is 0. The van der Waals surface area contributed by atoms with Crippen LogP contribution in [0.15, 0.2) is 18.2 Å². The first-order valence-electron chi connectivity index (χ1n) is 8.97. The minimum atomic E-state index is -0.561. The third-order valence-corrected chi connectivity index (χ3v) is 4.52. The zero-order valence-corrected chi connectivity index (χ0v) is 15.1. The number of nitrogens with two attached hydrogens (primary N) is 1. The number of carbonyl (C=O) groups excluding carboxylic acids is 2. The molecule has 1 aliphatic rings. The lowest BCUT2D eigenvalue weighted by molar-refractivity contribution is -0.119. The summed E-state index contributed by atoms with van der Waals surface area (Å²) in [5.74, 6) is 0.284. The number of primary amides is 1. The predicted molar refractivity (Wildman–Crippen MR) is 95.9 cm³/mol. The van der Waals surface area contributed by atoms with Crippen molar-refractivity contribution in [3.63, 3.8) is 0 Å². The van der Waals surface area contributed by atoms with E-state index >= 15 is 0 Å². The number of carbonyl (C=O) groups is 2. The topological polar surface area (TPSA) is 81.9 Å². The number of hydrogen-bond acceptors (Lipinski definition) is 4. The molecule has 2 rings (SSSR count). The zero-order chi connectivity index (χ0) is 18.2. The molecule has 138 valence electrons. The van der Waals surface area contributed by atoms with Crippen molar-refractivity contribution >= 4 is 11.8 Å². The van der Waals surface area contributed by atoms with Crippen molar-refractivity contribution in [3.05, 3.63) is 23.8 Å². The molecule has 2 amide bonds. The van der Waals surface area contributed by atoms with Crippen molar-refractivity contribution in [2.75, 3.05) is 20.3 Å². The lowest BCUT2D eigenvalue weighted by Crippen LogP contribution is -2.42. The van der Waals surface area contributed by atoms with Crippen LogP contribution >= 0.6 is 0 Å². The van der Waals surface area contributed by atoms with Crippen molar-refractivity contribution in [1.29, 1.82) is 0 Å². The molecule has 2 N–H and O–H groups in total. The van der Waals surface area contributed by atoms with Crippen LogP contribution in [0.25, 0.3) is 0 Å². The molecule has 0 atom stereocenters. The van der Waals surface area contributed by atoms with Gasteiger partial charge in [-0.2, -0.15) is 0 Å². The number of nitrogens with zero attached hydrogens (tertiary/aromatic N) is 1. The van der Waals surface area contributed by atoms with Gasteiger partial charge in [-0.25, -0.2) is 0 Å². The van der Waals surface area contributed by atoms with Crippen LogP contribution in [-0.2, 0) is 4.79 Å². The van der Waals surface area contributed by atoms with Gasteiger partial charge in [0.2, 0.25) is 0 Å². The van der Waals surface area contributed by atoms with E-state index in [9.17, 15) is 9.59 Å². The average molecular weight is 348 g/mol. The van der Waals surface area contributed by atoms with Crippen LogP contribution in [0, 0.1) is 0 Å². The summed E-state index contributed by atoms with van der Waals surface area (Å²) in [7, 11) is 1.51. The number of rotatable bonds is 8. The van der Waals surface area contributed by atoms with E-state index < -0.39 is 5.91 Å². The summed E-state index contributed by atoms with van der Waals surface area (Å²) in [5.41, 5.74) is 5.67. The van der Waals surface area contributed by atoms with Gasteiger partial charge in [-0.05, 0) is 37.5 Å². The van der Waals surface area contributed by atoms with Crippen LogP contribution in [0.4, 0.5) is 0 Å². The standard InChI is InChI=1S/C19H28N2O4/c1-3-11-21(15-7-5-4-6-8-15)19(23)14-9-10-16(17(12-14)24-2)25-13-18(20)22/h9-10,12,15H,3-8,11,13H2,1-2H3,(H2,20,22). The number of methoxy groups -OCH3 is 1. The van der Waals surface area contributed by atoms with E-state index in [0.717, 1.165) is 25.8 Å². The Morgan fingerprint density at radius 3 is 2.52 bits per heavy atom. The first-order chi connectivity index (χ1) is 12.1. The molecular formula is C19H28N2O4. The van der Waals surface area contributed by atoms with Gasteiger partial charge in [-0.15, -0.1) is 0 Å². The molecule has 6 heteroatoms. The summed E-state index contributed by atoms with van der Waals surface area (Å²) in [5, 5.41) is 0. The fourth-order valence-electron chi connectivity index (χ4n) is 3.32. The van der Waals surface area contributed by atoms with Crippen LogP contribution in [0.5, 0.6) is 11.5 Å². The Kier molecular flexibility index (Phi) is 7.10. The Morgan fingerprint density at radius 2 is 1.92 bits per heavy atom. The highest BCUT2D eigenvalue weighted by molar-refractivity contribution is 5.95. The second-order valence-corrected chi connectivity index (χ2v) is 6.41. The number of hydrogen-bond donors (Lipinski definition) is 1. The van der Waals surface area contributed by atoms with Crippen molar-refractivity contribution in [2.45, 2.75) is 51.5 Å². The maximum Gasteiger partial charge on any atom is 0.255 e. The van der Waals surface area contributed by atoms with E-state index in [1.54, 1.807) is 18.2 Å². The van der Waals surface area contributed by atoms with Gasteiger partial charge < -0.3 is 20.1 Å². The van der Waals surface area contributed by atoms with Crippen molar-refractivity contribution in [2.24, 2.45) is 5.73 Å². The van der Waals surface area contributed by atoms with Gasteiger partial charge in [0.25, 0.3) is 11.8 Å². The lowest BCUT2D eigenvalue weighted by Gasteiger charge is -2.34. The molecule has 1 aliphatic carbocycles. The Bertz CT molecular complexity index is 597. The van der Waals surface area contributed by atoms with Crippen molar-refractivity contribution < 1.29 is 19.1 Å². The molecular weight excluding hydrogens is 320 g/mol.